The van der Waals surface area contributed by atoms with E-state index in [9.17, 15) is 0 Å². The number of hydrogen-bond acceptors (Lipinski definition) is 3. The molecule has 1 aromatic heterocycles. The monoisotopic (exact) mass is 224 g/mol. The molecule has 1 fully saturated rings. The Morgan fingerprint density at radius 3 is 3.07 bits per heavy atom. The highest BCUT2D eigenvalue weighted by molar-refractivity contribution is 7.10. The van der Waals surface area contributed by atoms with Crippen molar-refractivity contribution in [2.24, 2.45) is 0 Å². The Labute approximate surface area is 96.3 Å². The Hall–Kier alpha value is -0.380. The van der Waals surface area contributed by atoms with Crippen molar-refractivity contribution < 1.29 is 0 Å². The molecule has 1 aliphatic rings. The lowest BCUT2D eigenvalue weighted by Crippen LogP contribution is -2.34. The molecule has 1 saturated heterocycles. The van der Waals surface area contributed by atoms with E-state index >= 15 is 0 Å². The van der Waals surface area contributed by atoms with Gasteiger partial charge in [0.1, 0.15) is 0 Å². The van der Waals surface area contributed by atoms with Gasteiger partial charge in [-0.3, -0.25) is 4.90 Å². The Morgan fingerprint density at radius 2 is 2.47 bits per heavy atom. The van der Waals surface area contributed by atoms with Crippen molar-refractivity contribution in [2.45, 2.75) is 32.4 Å². The first-order valence-electron chi connectivity index (χ1n) is 5.70. The summed E-state index contributed by atoms with van der Waals surface area (Å²) < 4.78 is 0. The predicted molar refractivity (Wildman–Crippen MR) is 66.4 cm³/mol. The first-order chi connectivity index (χ1) is 7.25. The number of hydrogen-bond donors (Lipinski definition) is 1. The topological polar surface area (TPSA) is 15.3 Å². The molecule has 1 atom stereocenters. The van der Waals surface area contributed by atoms with E-state index in [1.165, 1.54) is 36.4 Å². The summed E-state index contributed by atoms with van der Waals surface area (Å²) in [6, 6.07) is 2.93. The molecule has 1 aliphatic heterocycles. The van der Waals surface area contributed by atoms with Crippen molar-refractivity contribution in [1.29, 1.82) is 0 Å². The molecule has 84 valence electrons. The molecule has 0 radical (unpaired) electrons. The van der Waals surface area contributed by atoms with Gasteiger partial charge in [0.15, 0.2) is 0 Å². The second-order valence-corrected chi connectivity index (χ2v) is 5.52. The third-order valence-corrected chi connectivity index (χ3v) is 4.08. The van der Waals surface area contributed by atoms with Crippen LogP contribution < -0.4 is 5.32 Å². The molecular weight excluding hydrogens is 204 g/mol. The standard InChI is InChI=1S/C12H20N2S/c1-10-5-7-15-12(10)9-14(2)8-11-4-3-6-13-11/h5,7,11,13H,3-4,6,8-9H2,1-2H3. The molecule has 3 heteroatoms. The Bertz CT molecular complexity index is 302. The fourth-order valence-electron chi connectivity index (χ4n) is 2.16. The SMILES string of the molecule is Cc1ccsc1CN(C)CC1CCCN1. The van der Waals surface area contributed by atoms with Crippen LogP contribution in [0.25, 0.3) is 0 Å². The van der Waals surface area contributed by atoms with Crippen LogP contribution in [0, 0.1) is 6.92 Å². The maximum Gasteiger partial charge on any atom is 0.0328 e. The molecule has 1 aromatic rings. The maximum absolute atomic E-state index is 3.54. The molecule has 2 rings (SSSR count). The van der Waals surface area contributed by atoms with Gasteiger partial charge in [0, 0.05) is 24.0 Å². The Morgan fingerprint density at radius 1 is 1.60 bits per heavy atom. The van der Waals surface area contributed by atoms with Crippen LogP contribution in [0.2, 0.25) is 0 Å². The lowest BCUT2D eigenvalue weighted by atomic mass is 10.2. The van der Waals surface area contributed by atoms with Gasteiger partial charge in [-0.15, -0.1) is 11.3 Å². The van der Waals surface area contributed by atoms with E-state index in [2.05, 4.69) is 35.6 Å². The first kappa shape index (κ1) is 11.1. The van der Waals surface area contributed by atoms with Crippen LogP contribution in [0.4, 0.5) is 0 Å². The van der Waals surface area contributed by atoms with Crippen LogP contribution in [0.1, 0.15) is 23.3 Å². The van der Waals surface area contributed by atoms with Gasteiger partial charge in [-0.1, -0.05) is 0 Å². The van der Waals surface area contributed by atoms with Gasteiger partial charge in [-0.2, -0.15) is 0 Å². The first-order valence-corrected chi connectivity index (χ1v) is 6.58. The summed E-state index contributed by atoms with van der Waals surface area (Å²) >= 11 is 1.87. The molecular formula is C12H20N2S. The van der Waals surface area contributed by atoms with E-state index in [1.54, 1.807) is 0 Å². The molecule has 2 heterocycles. The summed E-state index contributed by atoms with van der Waals surface area (Å²) in [4.78, 5) is 3.94. The number of likely N-dealkylation sites (N-methyl/N-ethyl adjacent to an activating group) is 1. The Balaban J connectivity index is 1.81. The quantitative estimate of drug-likeness (QED) is 0.844. The fourth-order valence-corrected chi connectivity index (χ4v) is 3.15. The second-order valence-electron chi connectivity index (χ2n) is 4.52. The third kappa shape index (κ3) is 3.03. The molecule has 2 nitrogen and oxygen atoms in total. The van der Waals surface area contributed by atoms with Gasteiger partial charge in [0.05, 0.1) is 0 Å². The van der Waals surface area contributed by atoms with Crippen LogP contribution in [0.15, 0.2) is 11.4 Å². The zero-order valence-corrected chi connectivity index (χ0v) is 10.4. The van der Waals surface area contributed by atoms with Gasteiger partial charge >= 0.3 is 0 Å². The number of aryl methyl sites for hydroxylation is 1. The van der Waals surface area contributed by atoms with Crippen molar-refractivity contribution in [3.8, 4) is 0 Å². The van der Waals surface area contributed by atoms with Crippen LogP contribution in [-0.4, -0.2) is 31.1 Å². The van der Waals surface area contributed by atoms with E-state index in [-0.39, 0.29) is 0 Å². The Kier molecular flexibility index (Phi) is 3.78. The molecule has 15 heavy (non-hydrogen) atoms. The summed E-state index contributed by atoms with van der Waals surface area (Å²) in [5.41, 5.74) is 1.44. The zero-order valence-electron chi connectivity index (χ0n) is 9.62. The lowest BCUT2D eigenvalue weighted by molar-refractivity contribution is 0.295. The smallest absolute Gasteiger partial charge is 0.0328 e. The predicted octanol–water partition coefficient (Wildman–Crippen LogP) is 2.24. The number of thiophene rings is 1. The minimum Gasteiger partial charge on any atom is -0.313 e. The third-order valence-electron chi connectivity index (χ3n) is 3.08. The van der Waals surface area contributed by atoms with Crippen LogP contribution in [-0.2, 0) is 6.54 Å². The fraction of sp³-hybridized carbons (Fsp3) is 0.667. The lowest BCUT2D eigenvalue weighted by Gasteiger charge is -2.20. The average molecular weight is 224 g/mol. The summed E-state index contributed by atoms with van der Waals surface area (Å²) in [6.07, 6.45) is 2.68. The van der Waals surface area contributed by atoms with E-state index in [4.69, 9.17) is 0 Å². The summed E-state index contributed by atoms with van der Waals surface area (Å²) in [7, 11) is 2.22. The highest BCUT2D eigenvalue weighted by Crippen LogP contribution is 2.17. The summed E-state index contributed by atoms with van der Waals surface area (Å²) in [5, 5.41) is 5.73. The molecule has 0 amide bonds. The minimum absolute atomic E-state index is 0.718. The van der Waals surface area contributed by atoms with Crippen molar-refractivity contribution in [1.82, 2.24) is 10.2 Å². The van der Waals surface area contributed by atoms with E-state index < -0.39 is 0 Å². The molecule has 0 aliphatic carbocycles. The maximum atomic E-state index is 3.54. The van der Waals surface area contributed by atoms with Gasteiger partial charge in [-0.25, -0.2) is 0 Å². The molecule has 0 spiro atoms. The minimum atomic E-state index is 0.718. The van der Waals surface area contributed by atoms with Crippen molar-refractivity contribution in [3.05, 3.63) is 21.9 Å². The van der Waals surface area contributed by atoms with Crippen LogP contribution in [0.3, 0.4) is 0 Å². The molecule has 0 aromatic carbocycles. The van der Waals surface area contributed by atoms with E-state index in [0.29, 0.717) is 0 Å². The molecule has 1 unspecified atom stereocenters. The highest BCUT2D eigenvalue weighted by Gasteiger charge is 2.16. The van der Waals surface area contributed by atoms with Crippen molar-refractivity contribution in [3.63, 3.8) is 0 Å². The largest absolute Gasteiger partial charge is 0.313 e. The van der Waals surface area contributed by atoms with Gasteiger partial charge in [-0.05, 0) is 50.4 Å². The summed E-state index contributed by atoms with van der Waals surface area (Å²) in [6.45, 7) is 5.68. The second kappa shape index (κ2) is 5.10. The number of rotatable bonds is 4. The number of nitrogens with zero attached hydrogens (tertiary/aromatic N) is 1. The van der Waals surface area contributed by atoms with E-state index in [0.717, 1.165) is 12.6 Å². The van der Waals surface area contributed by atoms with E-state index in [1.807, 2.05) is 11.3 Å². The summed E-state index contributed by atoms with van der Waals surface area (Å²) in [5.74, 6) is 0. The average Bonchev–Trinajstić information content (AvgIpc) is 2.79. The van der Waals surface area contributed by atoms with Crippen molar-refractivity contribution in [2.75, 3.05) is 20.1 Å². The van der Waals surface area contributed by atoms with Crippen LogP contribution in [0.5, 0.6) is 0 Å². The van der Waals surface area contributed by atoms with Gasteiger partial charge in [0.2, 0.25) is 0 Å². The molecule has 1 N–H and O–H groups in total. The molecule has 0 bridgehead atoms. The van der Waals surface area contributed by atoms with Gasteiger partial charge < -0.3 is 5.32 Å². The van der Waals surface area contributed by atoms with Gasteiger partial charge in [0.25, 0.3) is 0 Å². The zero-order chi connectivity index (χ0) is 10.7. The number of nitrogens with one attached hydrogen (secondary N) is 1. The van der Waals surface area contributed by atoms with Crippen LogP contribution >= 0.6 is 11.3 Å². The normalized spacial score (nSPS) is 21.4. The van der Waals surface area contributed by atoms with Crippen molar-refractivity contribution >= 4 is 11.3 Å². The molecule has 0 saturated carbocycles. The highest BCUT2D eigenvalue weighted by atomic mass is 32.1.